The highest BCUT2D eigenvalue weighted by molar-refractivity contribution is 7.09. The molecule has 0 unspecified atom stereocenters. The van der Waals surface area contributed by atoms with Crippen molar-refractivity contribution in [2.75, 3.05) is 0 Å². The van der Waals surface area contributed by atoms with E-state index in [1.165, 1.54) is 17.4 Å². The fraction of sp³-hybridized carbons (Fsp3) is 0.375. The topological polar surface area (TPSA) is 42.0 Å². The number of benzene rings is 1. The molecule has 3 rings (SSSR count). The van der Waals surface area contributed by atoms with Gasteiger partial charge in [0, 0.05) is 10.8 Å². The zero-order valence-corrected chi connectivity index (χ0v) is 13.2. The van der Waals surface area contributed by atoms with Gasteiger partial charge in [-0.05, 0) is 30.9 Å². The number of hydrogen-bond acceptors (Lipinski definition) is 3. The Kier molecular flexibility index (Phi) is 4.14. The fourth-order valence-electron chi connectivity index (χ4n) is 2.59. The van der Waals surface area contributed by atoms with E-state index in [1.807, 2.05) is 6.92 Å². The van der Waals surface area contributed by atoms with Crippen LogP contribution >= 0.6 is 11.3 Å². The number of alkyl halides is 3. The maximum atomic E-state index is 12.7. The van der Waals surface area contributed by atoms with Crippen molar-refractivity contribution in [2.45, 2.75) is 32.0 Å². The molecule has 1 aromatic carbocycles. The minimum Gasteiger partial charge on any atom is -0.351 e. The van der Waals surface area contributed by atoms with Crippen molar-refractivity contribution in [3.05, 3.63) is 51.5 Å². The molecule has 1 aliphatic rings. The van der Waals surface area contributed by atoms with Gasteiger partial charge in [-0.3, -0.25) is 4.79 Å². The highest BCUT2D eigenvalue weighted by Crippen LogP contribution is 2.48. The van der Waals surface area contributed by atoms with Crippen molar-refractivity contribution in [1.82, 2.24) is 10.3 Å². The number of amides is 1. The Morgan fingerprint density at radius 3 is 2.87 bits per heavy atom. The number of hydrogen-bond donors (Lipinski definition) is 1. The maximum absolute atomic E-state index is 12.7. The zero-order chi connectivity index (χ0) is 16.6. The zero-order valence-electron chi connectivity index (χ0n) is 12.4. The molecule has 23 heavy (non-hydrogen) atoms. The van der Waals surface area contributed by atoms with Gasteiger partial charge in [-0.25, -0.2) is 4.98 Å². The van der Waals surface area contributed by atoms with Crippen LogP contribution in [-0.4, -0.2) is 10.9 Å². The third kappa shape index (κ3) is 3.55. The first kappa shape index (κ1) is 16.0. The molecule has 0 aliphatic heterocycles. The third-order valence-electron chi connectivity index (χ3n) is 4.04. The van der Waals surface area contributed by atoms with Gasteiger partial charge < -0.3 is 5.32 Å². The fourth-order valence-corrected chi connectivity index (χ4v) is 3.31. The number of aryl methyl sites for hydroxylation is 1. The Morgan fingerprint density at radius 2 is 2.22 bits per heavy atom. The first-order chi connectivity index (χ1) is 10.9. The number of halogens is 3. The summed E-state index contributed by atoms with van der Waals surface area (Å²) >= 11 is 1.47. The van der Waals surface area contributed by atoms with Crippen molar-refractivity contribution < 1.29 is 18.0 Å². The lowest BCUT2D eigenvalue weighted by molar-refractivity contribution is -0.137. The van der Waals surface area contributed by atoms with Gasteiger partial charge in [-0.1, -0.05) is 18.2 Å². The smallest absolute Gasteiger partial charge is 0.351 e. The summed E-state index contributed by atoms with van der Waals surface area (Å²) in [4.78, 5) is 17.2. The summed E-state index contributed by atoms with van der Waals surface area (Å²) < 4.78 is 38.2. The molecule has 1 fully saturated rings. The lowest BCUT2D eigenvalue weighted by atomic mass is 10.1. The van der Waals surface area contributed by atoms with Gasteiger partial charge in [0.25, 0.3) is 0 Å². The van der Waals surface area contributed by atoms with Gasteiger partial charge in [0.1, 0.15) is 0 Å². The van der Waals surface area contributed by atoms with Crippen LogP contribution in [0.4, 0.5) is 13.2 Å². The summed E-state index contributed by atoms with van der Waals surface area (Å²) in [6.07, 6.45) is -3.76. The Hall–Kier alpha value is -1.89. The maximum Gasteiger partial charge on any atom is 0.416 e. The molecule has 0 spiro atoms. The van der Waals surface area contributed by atoms with E-state index in [0.29, 0.717) is 18.5 Å². The van der Waals surface area contributed by atoms with Crippen molar-refractivity contribution >= 4 is 17.2 Å². The van der Waals surface area contributed by atoms with Crippen LogP contribution in [0.5, 0.6) is 0 Å². The van der Waals surface area contributed by atoms with E-state index in [0.717, 1.165) is 22.7 Å². The van der Waals surface area contributed by atoms with Gasteiger partial charge in [-0.15, -0.1) is 11.3 Å². The largest absolute Gasteiger partial charge is 0.416 e. The molecular weight excluding hydrogens is 325 g/mol. The minimum absolute atomic E-state index is 0.111. The second-order valence-electron chi connectivity index (χ2n) is 5.65. The number of aromatic nitrogens is 1. The van der Waals surface area contributed by atoms with Crippen LogP contribution in [0.2, 0.25) is 0 Å². The average Bonchev–Trinajstić information content (AvgIpc) is 3.21. The molecule has 3 nitrogen and oxygen atoms in total. The molecule has 2 aromatic rings. The van der Waals surface area contributed by atoms with Crippen LogP contribution in [0.25, 0.3) is 0 Å². The Balaban J connectivity index is 1.61. The van der Waals surface area contributed by atoms with E-state index < -0.39 is 11.7 Å². The number of carbonyl (C=O) groups excluding carboxylic acids is 1. The number of thiazole rings is 1. The quantitative estimate of drug-likeness (QED) is 0.917. The molecule has 1 aromatic heterocycles. The van der Waals surface area contributed by atoms with E-state index in [4.69, 9.17) is 0 Å². The van der Waals surface area contributed by atoms with Gasteiger partial charge in [-0.2, -0.15) is 13.2 Å². The Morgan fingerprint density at radius 1 is 1.43 bits per heavy atom. The molecule has 1 amide bonds. The van der Waals surface area contributed by atoms with Crippen LogP contribution in [0, 0.1) is 12.8 Å². The number of carbonyl (C=O) groups is 1. The van der Waals surface area contributed by atoms with Gasteiger partial charge in [0.05, 0.1) is 23.3 Å². The summed E-state index contributed by atoms with van der Waals surface area (Å²) in [5.41, 5.74) is 2.52. The lowest BCUT2D eigenvalue weighted by Gasteiger charge is -2.08. The van der Waals surface area contributed by atoms with Crippen molar-refractivity contribution in [3.8, 4) is 0 Å². The van der Waals surface area contributed by atoms with E-state index in [-0.39, 0.29) is 17.7 Å². The van der Waals surface area contributed by atoms with E-state index in [2.05, 4.69) is 10.3 Å². The van der Waals surface area contributed by atoms with E-state index in [9.17, 15) is 18.0 Å². The Bertz CT molecular complexity index is 726. The SMILES string of the molecule is Cc1ncsc1CNC(=O)[C@H]1C[C@H]1c1cccc(C(F)(F)F)c1. The first-order valence-corrected chi connectivity index (χ1v) is 8.08. The summed E-state index contributed by atoms with van der Waals surface area (Å²) in [6, 6.07) is 5.24. The molecule has 0 bridgehead atoms. The lowest BCUT2D eigenvalue weighted by Crippen LogP contribution is -2.24. The molecule has 0 saturated heterocycles. The molecule has 1 heterocycles. The first-order valence-electron chi connectivity index (χ1n) is 7.20. The van der Waals surface area contributed by atoms with Crippen LogP contribution in [0.15, 0.2) is 29.8 Å². The summed E-state index contributed by atoms with van der Waals surface area (Å²) in [5.74, 6) is -0.480. The Labute approximate surface area is 135 Å². The second-order valence-corrected chi connectivity index (χ2v) is 6.59. The number of rotatable bonds is 4. The number of nitrogens with one attached hydrogen (secondary N) is 1. The molecule has 1 saturated carbocycles. The molecule has 2 atom stereocenters. The van der Waals surface area contributed by atoms with Crippen LogP contribution in [0.3, 0.4) is 0 Å². The van der Waals surface area contributed by atoms with E-state index in [1.54, 1.807) is 11.6 Å². The predicted molar refractivity (Wildman–Crippen MR) is 81.0 cm³/mol. The molecule has 1 aliphatic carbocycles. The van der Waals surface area contributed by atoms with Gasteiger partial charge >= 0.3 is 6.18 Å². The predicted octanol–water partition coefficient (Wildman–Crippen LogP) is 3.89. The molecule has 0 radical (unpaired) electrons. The van der Waals surface area contributed by atoms with Crippen LogP contribution in [-0.2, 0) is 17.5 Å². The minimum atomic E-state index is -4.35. The molecule has 122 valence electrons. The standard InChI is InChI=1S/C16H15F3N2OS/c1-9-14(23-8-21-9)7-20-15(22)13-6-12(13)10-3-2-4-11(5-10)16(17,18)19/h2-5,8,12-13H,6-7H2,1H3,(H,20,22)/t12-,13-/m0/s1. The highest BCUT2D eigenvalue weighted by Gasteiger charge is 2.44. The highest BCUT2D eigenvalue weighted by atomic mass is 32.1. The van der Waals surface area contributed by atoms with Crippen molar-refractivity contribution in [1.29, 1.82) is 0 Å². The summed E-state index contributed by atoms with van der Waals surface area (Å²) in [6.45, 7) is 2.29. The second kappa shape index (κ2) is 5.96. The van der Waals surface area contributed by atoms with Crippen molar-refractivity contribution in [2.24, 2.45) is 5.92 Å². The van der Waals surface area contributed by atoms with Gasteiger partial charge in [0.15, 0.2) is 0 Å². The molecule has 1 N–H and O–H groups in total. The average molecular weight is 340 g/mol. The monoisotopic (exact) mass is 340 g/mol. The van der Waals surface area contributed by atoms with Crippen molar-refractivity contribution in [3.63, 3.8) is 0 Å². The molecular formula is C16H15F3N2OS. The summed E-state index contributed by atoms with van der Waals surface area (Å²) in [5, 5.41) is 2.84. The van der Waals surface area contributed by atoms with E-state index >= 15 is 0 Å². The van der Waals surface area contributed by atoms with Crippen LogP contribution in [0.1, 0.15) is 34.0 Å². The van der Waals surface area contributed by atoms with Crippen LogP contribution < -0.4 is 5.32 Å². The third-order valence-corrected chi connectivity index (χ3v) is 4.97. The normalized spacial score (nSPS) is 20.3. The van der Waals surface area contributed by atoms with Gasteiger partial charge in [0.2, 0.25) is 5.91 Å². The molecule has 7 heteroatoms. The summed E-state index contributed by atoms with van der Waals surface area (Å²) in [7, 11) is 0. The number of nitrogens with zero attached hydrogens (tertiary/aromatic N) is 1.